The van der Waals surface area contributed by atoms with Crippen LogP contribution in [0.25, 0.3) is 0 Å². The Kier molecular flexibility index (Phi) is 7.49. The fourth-order valence-corrected chi connectivity index (χ4v) is 2.31. The van der Waals surface area contributed by atoms with Crippen molar-refractivity contribution in [3.05, 3.63) is 59.7 Å². The molecule has 2 rings (SSSR count). The van der Waals surface area contributed by atoms with Crippen LogP contribution in [0.2, 0.25) is 0 Å². The predicted octanol–water partition coefficient (Wildman–Crippen LogP) is 2.93. The smallest absolute Gasteiger partial charge is 0.341 e. The molecule has 0 aliphatic carbocycles. The van der Waals surface area contributed by atoms with Gasteiger partial charge in [-0.3, -0.25) is 4.79 Å². The maximum atomic E-state index is 11.9. The molecule has 0 aliphatic heterocycles. The predicted molar refractivity (Wildman–Crippen MR) is 97.3 cm³/mol. The highest BCUT2D eigenvalue weighted by molar-refractivity contribution is 5.75. The van der Waals surface area contributed by atoms with Crippen molar-refractivity contribution >= 4 is 11.9 Å². The Balaban J connectivity index is 1.67. The zero-order valence-corrected chi connectivity index (χ0v) is 14.7. The minimum atomic E-state index is -1.03. The van der Waals surface area contributed by atoms with E-state index in [1.807, 2.05) is 37.3 Å². The van der Waals surface area contributed by atoms with Crippen LogP contribution in [0.5, 0.6) is 11.5 Å². The monoisotopic (exact) mass is 357 g/mol. The molecule has 138 valence electrons. The van der Waals surface area contributed by atoms with Gasteiger partial charge in [-0.15, -0.1) is 0 Å². The molecule has 0 bridgehead atoms. The fraction of sp³-hybridized carbons (Fsp3) is 0.300. The van der Waals surface area contributed by atoms with Crippen LogP contribution in [0.15, 0.2) is 48.5 Å². The van der Waals surface area contributed by atoms with E-state index in [2.05, 4.69) is 5.32 Å². The average molecular weight is 357 g/mol. The summed E-state index contributed by atoms with van der Waals surface area (Å²) in [5.41, 5.74) is 1.92. The summed E-state index contributed by atoms with van der Waals surface area (Å²) in [7, 11) is 0. The topological polar surface area (TPSA) is 84.9 Å². The highest BCUT2D eigenvalue weighted by Gasteiger charge is 2.04. The van der Waals surface area contributed by atoms with E-state index in [1.165, 1.54) is 0 Å². The molecule has 0 heterocycles. The molecule has 0 fully saturated rings. The Hall–Kier alpha value is -3.02. The highest BCUT2D eigenvalue weighted by atomic mass is 16.5. The molecule has 1 amide bonds. The second-order valence-electron chi connectivity index (χ2n) is 5.82. The Morgan fingerprint density at radius 1 is 1.08 bits per heavy atom. The molecule has 6 nitrogen and oxygen atoms in total. The van der Waals surface area contributed by atoms with Crippen molar-refractivity contribution in [2.75, 3.05) is 13.2 Å². The van der Waals surface area contributed by atoms with E-state index >= 15 is 0 Å². The van der Waals surface area contributed by atoms with E-state index in [0.717, 1.165) is 16.9 Å². The lowest BCUT2D eigenvalue weighted by molar-refractivity contribution is -0.139. The van der Waals surface area contributed by atoms with Gasteiger partial charge >= 0.3 is 5.97 Å². The summed E-state index contributed by atoms with van der Waals surface area (Å²) < 4.78 is 10.8. The number of carboxylic acid groups (broad SMARTS) is 1. The SMILES string of the molecule is Cc1ccccc1OCCCC(=O)NCc1cccc(OCC(=O)O)c1. The third-order valence-electron chi connectivity index (χ3n) is 3.65. The fourth-order valence-electron chi connectivity index (χ4n) is 2.31. The van der Waals surface area contributed by atoms with Gasteiger partial charge in [0.1, 0.15) is 11.5 Å². The highest BCUT2D eigenvalue weighted by Crippen LogP contribution is 2.16. The van der Waals surface area contributed by atoms with E-state index in [4.69, 9.17) is 14.6 Å². The van der Waals surface area contributed by atoms with Gasteiger partial charge in [0.2, 0.25) is 5.91 Å². The second-order valence-corrected chi connectivity index (χ2v) is 5.82. The second kappa shape index (κ2) is 10.1. The van der Waals surface area contributed by atoms with Crippen LogP contribution in [0, 0.1) is 6.92 Å². The van der Waals surface area contributed by atoms with Crippen molar-refractivity contribution < 1.29 is 24.2 Å². The number of ether oxygens (including phenoxy) is 2. The number of carboxylic acids is 1. The maximum Gasteiger partial charge on any atom is 0.341 e. The van der Waals surface area contributed by atoms with Crippen molar-refractivity contribution in [3.63, 3.8) is 0 Å². The summed E-state index contributed by atoms with van der Waals surface area (Å²) >= 11 is 0. The first kappa shape index (κ1) is 19.3. The maximum absolute atomic E-state index is 11.9. The molecule has 0 unspecified atom stereocenters. The van der Waals surface area contributed by atoms with Gasteiger partial charge in [0, 0.05) is 13.0 Å². The Labute approximate surface area is 152 Å². The number of amides is 1. The minimum absolute atomic E-state index is 0.0600. The molecule has 0 radical (unpaired) electrons. The number of carbonyl (C=O) groups is 2. The van der Waals surface area contributed by atoms with Crippen LogP contribution in [-0.2, 0) is 16.1 Å². The van der Waals surface area contributed by atoms with Crippen LogP contribution in [0.4, 0.5) is 0 Å². The van der Waals surface area contributed by atoms with Crippen LogP contribution in [0.1, 0.15) is 24.0 Å². The third kappa shape index (κ3) is 6.84. The van der Waals surface area contributed by atoms with Crippen molar-refractivity contribution in [3.8, 4) is 11.5 Å². The van der Waals surface area contributed by atoms with Gasteiger partial charge < -0.3 is 19.9 Å². The molecule has 0 aliphatic rings. The van der Waals surface area contributed by atoms with Crippen LogP contribution < -0.4 is 14.8 Å². The minimum Gasteiger partial charge on any atom is -0.493 e. The van der Waals surface area contributed by atoms with E-state index in [9.17, 15) is 9.59 Å². The number of benzene rings is 2. The number of aryl methyl sites for hydroxylation is 1. The number of nitrogens with one attached hydrogen (secondary N) is 1. The molecule has 0 saturated carbocycles. The lowest BCUT2D eigenvalue weighted by Gasteiger charge is -2.09. The number of rotatable bonds is 10. The van der Waals surface area contributed by atoms with Gasteiger partial charge in [0.05, 0.1) is 6.61 Å². The van der Waals surface area contributed by atoms with Crippen molar-refractivity contribution in [1.29, 1.82) is 0 Å². The zero-order valence-electron chi connectivity index (χ0n) is 14.7. The molecule has 0 aromatic heterocycles. The molecular weight excluding hydrogens is 334 g/mol. The molecular formula is C20H23NO5. The van der Waals surface area contributed by atoms with Crippen molar-refractivity contribution in [1.82, 2.24) is 5.32 Å². The molecule has 2 aromatic rings. The number of para-hydroxylation sites is 1. The Morgan fingerprint density at radius 3 is 2.65 bits per heavy atom. The van der Waals surface area contributed by atoms with E-state index < -0.39 is 12.6 Å². The van der Waals surface area contributed by atoms with Gasteiger partial charge in [-0.1, -0.05) is 30.3 Å². The summed E-state index contributed by atoms with van der Waals surface area (Å²) in [6, 6.07) is 14.8. The first-order valence-corrected chi connectivity index (χ1v) is 8.43. The Morgan fingerprint density at radius 2 is 1.88 bits per heavy atom. The van der Waals surface area contributed by atoms with E-state index in [-0.39, 0.29) is 5.91 Å². The molecule has 0 atom stereocenters. The largest absolute Gasteiger partial charge is 0.493 e. The van der Waals surface area contributed by atoms with Gasteiger partial charge in [0.25, 0.3) is 0 Å². The van der Waals surface area contributed by atoms with Gasteiger partial charge in [-0.05, 0) is 42.7 Å². The summed E-state index contributed by atoms with van der Waals surface area (Å²) in [6.07, 6.45) is 1.00. The van der Waals surface area contributed by atoms with E-state index in [0.29, 0.717) is 31.7 Å². The molecule has 2 aromatic carbocycles. The van der Waals surface area contributed by atoms with Gasteiger partial charge in [0.15, 0.2) is 6.61 Å². The number of hydrogen-bond donors (Lipinski definition) is 2. The summed E-state index contributed by atoms with van der Waals surface area (Å²) in [5.74, 6) is 0.212. The van der Waals surface area contributed by atoms with E-state index in [1.54, 1.807) is 18.2 Å². The molecule has 2 N–H and O–H groups in total. The Bertz CT molecular complexity index is 744. The van der Waals surface area contributed by atoms with Crippen molar-refractivity contribution in [2.45, 2.75) is 26.3 Å². The standard InChI is InChI=1S/C20H23NO5/c1-15-6-2-3-9-18(15)25-11-5-10-19(22)21-13-16-7-4-8-17(12-16)26-14-20(23)24/h2-4,6-9,12H,5,10-11,13-14H2,1H3,(H,21,22)(H,23,24). The van der Waals surface area contributed by atoms with Crippen LogP contribution in [0.3, 0.4) is 0 Å². The average Bonchev–Trinajstić information content (AvgIpc) is 2.63. The first-order valence-electron chi connectivity index (χ1n) is 8.43. The first-order chi connectivity index (χ1) is 12.5. The lowest BCUT2D eigenvalue weighted by Crippen LogP contribution is -2.23. The summed E-state index contributed by atoms with van der Waals surface area (Å²) in [6.45, 7) is 2.44. The molecule has 0 spiro atoms. The van der Waals surface area contributed by atoms with Crippen LogP contribution >= 0.6 is 0 Å². The molecule has 0 saturated heterocycles. The lowest BCUT2D eigenvalue weighted by atomic mass is 10.2. The summed E-state index contributed by atoms with van der Waals surface area (Å²) in [4.78, 5) is 22.4. The quantitative estimate of drug-likeness (QED) is 0.639. The number of hydrogen-bond acceptors (Lipinski definition) is 4. The number of aliphatic carboxylic acids is 1. The molecule has 26 heavy (non-hydrogen) atoms. The molecule has 6 heteroatoms. The van der Waals surface area contributed by atoms with Gasteiger partial charge in [-0.2, -0.15) is 0 Å². The summed E-state index contributed by atoms with van der Waals surface area (Å²) in [5, 5.41) is 11.5. The van der Waals surface area contributed by atoms with Crippen molar-refractivity contribution in [2.24, 2.45) is 0 Å². The van der Waals surface area contributed by atoms with Crippen LogP contribution in [-0.4, -0.2) is 30.2 Å². The zero-order chi connectivity index (χ0) is 18.8. The normalized spacial score (nSPS) is 10.2. The van der Waals surface area contributed by atoms with Gasteiger partial charge in [-0.25, -0.2) is 4.79 Å². The third-order valence-corrected chi connectivity index (χ3v) is 3.65. The number of carbonyl (C=O) groups excluding carboxylic acids is 1.